The number of aliphatic hydroxyl groups is 2. The van der Waals surface area contributed by atoms with Crippen LogP contribution in [0.5, 0.6) is 0 Å². The maximum Gasteiger partial charge on any atom is 0.158 e. The Morgan fingerprint density at radius 2 is 2.28 bits per heavy atom. The van der Waals surface area contributed by atoms with Gasteiger partial charge in [0.05, 0.1) is 11.7 Å². The number of hydrogen-bond acceptors (Lipinski definition) is 3. The number of carbonyl (C=O) groups is 1. The van der Waals surface area contributed by atoms with Gasteiger partial charge in [-0.15, -0.1) is 0 Å². The molecule has 0 amide bonds. The van der Waals surface area contributed by atoms with Gasteiger partial charge in [-0.25, -0.2) is 0 Å². The average Bonchev–Trinajstić information content (AvgIpc) is 2.29. The van der Waals surface area contributed by atoms with E-state index >= 15 is 0 Å². The van der Waals surface area contributed by atoms with E-state index in [9.17, 15) is 15.0 Å². The molecule has 1 aliphatic carbocycles. The van der Waals surface area contributed by atoms with Gasteiger partial charge in [-0.3, -0.25) is 4.79 Å². The Hall–Kier alpha value is -0.930. The van der Waals surface area contributed by atoms with Crippen LogP contribution in [0.3, 0.4) is 0 Å². The van der Waals surface area contributed by atoms with Gasteiger partial charge in [-0.05, 0) is 51.5 Å². The summed E-state index contributed by atoms with van der Waals surface area (Å²) in [6, 6.07) is 0. The lowest BCUT2D eigenvalue weighted by atomic mass is 9.75. The van der Waals surface area contributed by atoms with E-state index in [1.54, 1.807) is 13.8 Å². The minimum absolute atomic E-state index is 0.0500. The molecule has 0 heterocycles. The molecule has 3 atom stereocenters. The fraction of sp³-hybridized carbons (Fsp3) is 0.667. The van der Waals surface area contributed by atoms with Crippen molar-refractivity contribution in [3.8, 4) is 0 Å². The van der Waals surface area contributed by atoms with E-state index < -0.39 is 11.7 Å². The molecule has 1 aliphatic rings. The van der Waals surface area contributed by atoms with Crippen LogP contribution in [0.15, 0.2) is 23.8 Å². The van der Waals surface area contributed by atoms with Crippen molar-refractivity contribution in [2.24, 2.45) is 5.92 Å². The molecular formula is C15H24O3. The first-order valence-corrected chi connectivity index (χ1v) is 6.50. The maximum atomic E-state index is 11.7. The third kappa shape index (κ3) is 3.79. The van der Waals surface area contributed by atoms with Gasteiger partial charge < -0.3 is 10.2 Å². The van der Waals surface area contributed by atoms with Crippen molar-refractivity contribution < 1.29 is 15.0 Å². The number of rotatable bonds is 5. The number of ketones is 1. The van der Waals surface area contributed by atoms with Crippen LogP contribution in [0.4, 0.5) is 0 Å². The molecule has 2 unspecified atom stereocenters. The predicted octanol–water partition coefficient (Wildman–Crippen LogP) is 2.38. The summed E-state index contributed by atoms with van der Waals surface area (Å²) < 4.78 is 0. The van der Waals surface area contributed by atoms with Crippen molar-refractivity contribution in [2.45, 2.75) is 58.2 Å². The molecule has 0 fully saturated rings. The molecule has 1 rings (SSSR count). The first-order valence-electron chi connectivity index (χ1n) is 6.50. The third-order valence-corrected chi connectivity index (χ3v) is 3.95. The van der Waals surface area contributed by atoms with Crippen LogP contribution in [0.2, 0.25) is 0 Å². The average molecular weight is 252 g/mol. The van der Waals surface area contributed by atoms with E-state index in [1.807, 2.05) is 13.0 Å². The van der Waals surface area contributed by atoms with E-state index in [1.165, 1.54) is 0 Å². The van der Waals surface area contributed by atoms with Gasteiger partial charge in [-0.1, -0.05) is 18.2 Å². The minimum Gasteiger partial charge on any atom is -0.390 e. The molecule has 0 aliphatic heterocycles. The van der Waals surface area contributed by atoms with Gasteiger partial charge in [0.15, 0.2) is 5.78 Å². The second-order valence-electron chi connectivity index (χ2n) is 5.71. The normalized spacial score (nSPS) is 25.3. The molecule has 0 saturated heterocycles. The highest BCUT2D eigenvalue weighted by molar-refractivity contribution is 5.95. The highest BCUT2D eigenvalue weighted by Gasteiger charge is 2.35. The summed E-state index contributed by atoms with van der Waals surface area (Å²) in [5.74, 6) is 0.0676. The number of carbonyl (C=O) groups excluding carboxylic acids is 1. The van der Waals surface area contributed by atoms with Crippen LogP contribution in [-0.4, -0.2) is 27.7 Å². The summed E-state index contributed by atoms with van der Waals surface area (Å²) in [6.45, 7) is 9.04. The molecular weight excluding hydrogens is 228 g/mol. The van der Waals surface area contributed by atoms with Crippen LogP contribution < -0.4 is 0 Å². The van der Waals surface area contributed by atoms with Gasteiger partial charge in [0, 0.05) is 6.42 Å². The van der Waals surface area contributed by atoms with Crippen LogP contribution in [0.25, 0.3) is 0 Å². The van der Waals surface area contributed by atoms with Crippen molar-refractivity contribution >= 4 is 5.78 Å². The van der Waals surface area contributed by atoms with Gasteiger partial charge >= 0.3 is 0 Å². The number of allylic oxidation sites excluding steroid dienone is 2. The highest BCUT2D eigenvalue weighted by Crippen LogP contribution is 2.33. The van der Waals surface area contributed by atoms with E-state index in [0.29, 0.717) is 24.8 Å². The van der Waals surface area contributed by atoms with Crippen LogP contribution in [-0.2, 0) is 4.79 Å². The zero-order chi connectivity index (χ0) is 13.9. The van der Waals surface area contributed by atoms with Gasteiger partial charge in [0.25, 0.3) is 0 Å². The highest BCUT2D eigenvalue weighted by atomic mass is 16.3. The van der Waals surface area contributed by atoms with Crippen molar-refractivity contribution in [1.29, 1.82) is 0 Å². The van der Waals surface area contributed by atoms with Gasteiger partial charge in [-0.2, -0.15) is 0 Å². The molecule has 2 N–H and O–H groups in total. The van der Waals surface area contributed by atoms with Crippen LogP contribution >= 0.6 is 0 Å². The van der Waals surface area contributed by atoms with Crippen LogP contribution in [0, 0.1) is 5.92 Å². The standard InChI is InChI=1S/C15H24O3/c1-10(2)13(16)7-8-15(4,18)12-6-5-11(3)14(17)9-12/h5,12-13,16,18H,1,6-9H2,2-4H3/t12?,13?,15-/m1/s1. The maximum absolute atomic E-state index is 11.7. The number of hydrogen-bond donors (Lipinski definition) is 2. The topological polar surface area (TPSA) is 57.5 Å². The predicted molar refractivity (Wildman–Crippen MR) is 72.2 cm³/mol. The smallest absolute Gasteiger partial charge is 0.158 e. The molecule has 0 aromatic carbocycles. The Morgan fingerprint density at radius 1 is 1.67 bits per heavy atom. The Balaban J connectivity index is 2.59. The monoisotopic (exact) mass is 252 g/mol. The van der Waals surface area contributed by atoms with E-state index in [4.69, 9.17) is 0 Å². The van der Waals surface area contributed by atoms with E-state index in [2.05, 4.69) is 6.58 Å². The second kappa shape index (κ2) is 5.81. The van der Waals surface area contributed by atoms with Gasteiger partial charge in [0.2, 0.25) is 0 Å². The first kappa shape index (κ1) is 15.1. The van der Waals surface area contributed by atoms with E-state index in [0.717, 1.165) is 12.0 Å². The molecule has 102 valence electrons. The molecule has 0 saturated carbocycles. The van der Waals surface area contributed by atoms with Crippen molar-refractivity contribution in [3.05, 3.63) is 23.8 Å². The SMILES string of the molecule is C=C(C)C(O)CC[C@@](C)(O)C1CC=C(C)C(=O)C1. The zero-order valence-electron chi connectivity index (χ0n) is 11.6. The Kier molecular flexibility index (Phi) is 4.88. The summed E-state index contributed by atoms with van der Waals surface area (Å²) in [4.78, 5) is 11.7. The molecule has 0 radical (unpaired) electrons. The fourth-order valence-corrected chi connectivity index (χ4v) is 2.25. The molecule has 0 aromatic heterocycles. The lowest BCUT2D eigenvalue weighted by molar-refractivity contribution is -0.120. The Labute approximate surface area is 109 Å². The first-order chi connectivity index (χ1) is 8.24. The van der Waals surface area contributed by atoms with E-state index in [-0.39, 0.29) is 11.7 Å². The fourth-order valence-electron chi connectivity index (χ4n) is 2.25. The lowest BCUT2D eigenvalue weighted by Crippen LogP contribution is -2.38. The number of Topliss-reactive ketones (excluding diaryl/α,β-unsaturated/α-hetero) is 1. The number of aliphatic hydroxyl groups excluding tert-OH is 1. The summed E-state index contributed by atoms with van der Waals surface area (Å²) >= 11 is 0. The molecule has 0 aromatic rings. The second-order valence-corrected chi connectivity index (χ2v) is 5.71. The molecule has 18 heavy (non-hydrogen) atoms. The zero-order valence-corrected chi connectivity index (χ0v) is 11.6. The third-order valence-electron chi connectivity index (χ3n) is 3.95. The minimum atomic E-state index is -0.913. The largest absolute Gasteiger partial charge is 0.390 e. The van der Waals surface area contributed by atoms with Gasteiger partial charge in [0.1, 0.15) is 0 Å². The Bertz CT molecular complexity index is 366. The summed E-state index contributed by atoms with van der Waals surface area (Å²) in [6.07, 6.45) is 3.42. The van der Waals surface area contributed by atoms with Crippen molar-refractivity contribution in [2.75, 3.05) is 0 Å². The molecule has 0 bridgehead atoms. The van der Waals surface area contributed by atoms with Crippen molar-refractivity contribution in [3.63, 3.8) is 0 Å². The summed E-state index contributed by atoms with van der Waals surface area (Å²) in [7, 11) is 0. The quantitative estimate of drug-likeness (QED) is 0.739. The van der Waals surface area contributed by atoms with Crippen molar-refractivity contribution in [1.82, 2.24) is 0 Å². The summed E-state index contributed by atoms with van der Waals surface area (Å²) in [5.41, 5.74) is 0.591. The molecule has 3 nitrogen and oxygen atoms in total. The lowest BCUT2D eigenvalue weighted by Gasteiger charge is -2.34. The summed E-state index contributed by atoms with van der Waals surface area (Å²) in [5, 5.41) is 20.1. The molecule has 0 spiro atoms. The van der Waals surface area contributed by atoms with Crippen LogP contribution in [0.1, 0.15) is 46.5 Å². The Morgan fingerprint density at radius 3 is 2.78 bits per heavy atom. The molecule has 3 heteroatoms.